The maximum Gasteiger partial charge on any atom is 0.330 e. The van der Waals surface area contributed by atoms with Crippen molar-refractivity contribution in [1.29, 1.82) is 0 Å². The van der Waals surface area contributed by atoms with Crippen molar-refractivity contribution in [2.45, 2.75) is 51.2 Å². The monoisotopic (exact) mass is 784 g/mol. The molecule has 0 aliphatic rings. The third kappa shape index (κ3) is 18.0. The van der Waals surface area contributed by atoms with Crippen molar-refractivity contribution in [1.82, 2.24) is 0 Å². The predicted octanol–water partition coefficient (Wildman–Crippen LogP) is 8.37. The molecule has 49 heavy (non-hydrogen) atoms. The fourth-order valence-electron chi connectivity index (χ4n) is 4.43. The fraction of sp³-hybridized carbons (Fsp3) is 0.514. The van der Waals surface area contributed by atoms with Crippen LogP contribution in [0.4, 0.5) is 0 Å². The maximum atomic E-state index is 12.0. The van der Waals surface area contributed by atoms with Crippen molar-refractivity contribution >= 4 is 79.6 Å². The van der Waals surface area contributed by atoms with Gasteiger partial charge >= 0.3 is 11.9 Å². The predicted molar refractivity (Wildman–Crippen MR) is 221 cm³/mol. The molecule has 0 bridgehead atoms. The number of thioether (sulfide) groups is 4. The minimum absolute atomic E-state index is 0.00142. The summed E-state index contributed by atoms with van der Waals surface area (Å²) in [6.45, 7) is 14.1. The van der Waals surface area contributed by atoms with E-state index in [4.69, 9.17) is 30.1 Å². The third-order valence-electron chi connectivity index (χ3n) is 7.24. The van der Waals surface area contributed by atoms with Crippen LogP contribution in [0.1, 0.15) is 44.7 Å². The van der Waals surface area contributed by atoms with E-state index >= 15 is 0 Å². The van der Waals surface area contributed by atoms with Gasteiger partial charge in [0.2, 0.25) is 0 Å². The summed E-state index contributed by atoms with van der Waals surface area (Å²) in [7, 11) is -0.00142. The Kier molecular flexibility index (Phi) is 22.6. The molecule has 0 radical (unpaired) electrons. The summed E-state index contributed by atoms with van der Waals surface area (Å²) in [5.41, 5.74) is 1.88. The summed E-state index contributed by atoms with van der Waals surface area (Å²) in [4.78, 5) is 23.9. The molecule has 2 aromatic carbocycles. The van der Waals surface area contributed by atoms with E-state index in [-0.39, 0.29) is 40.3 Å². The first-order valence-corrected chi connectivity index (χ1v) is 23.7. The number of carbonyl (C=O) groups is 2. The Morgan fingerprint density at radius 2 is 1.47 bits per heavy atom. The lowest BCUT2D eigenvalue weighted by Crippen LogP contribution is -2.27. The van der Waals surface area contributed by atoms with Gasteiger partial charge in [-0.2, -0.15) is 47.0 Å². The molecule has 3 atom stereocenters. The van der Waals surface area contributed by atoms with Crippen molar-refractivity contribution in [3.8, 4) is 11.5 Å². The van der Waals surface area contributed by atoms with Gasteiger partial charge in [-0.15, -0.1) is 9.45 Å². The Balaban J connectivity index is 1.98. The topological polar surface area (TPSA) is 71.1 Å². The third-order valence-corrected chi connectivity index (χ3v) is 14.9. The van der Waals surface area contributed by atoms with Gasteiger partial charge in [0.15, 0.2) is 0 Å². The van der Waals surface area contributed by atoms with Crippen LogP contribution in [0.25, 0.3) is 0 Å². The van der Waals surface area contributed by atoms with Crippen LogP contribution in [-0.4, -0.2) is 89.0 Å². The lowest BCUT2D eigenvalue weighted by atomic mass is 9.78. The van der Waals surface area contributed by atoms with E-state index in [2.05, 4.69) is 58.4 Å². The van der Waals surface area contributed by atoms with Crippen LogP contribution in [0.15, 0.2) is 73.8 Å². The molecule has 12 heteroatoms. The van der Waals surface area contributed by atoms with Crippen LogP contribution in [0.2, 0.25) is 0 Å². The summed E-state index contributed by atoms with van der Waals surface area (Å²) in [6.07, 6.45) is 5.54. The zero-order valence-electron chi connectivity index (χ0n) is 29.2. The number of esters is 2. The second-order valence-electron chi connectivity index (χ2n) is 11.5. The Morgan fingerprint density at radius 1 is 0.837 bits per heavy atom. The zero-order valence-corrected chi connectivity index (χ0v) is 34.1. The molecule has 0 spiro atoms. The van der Waals surface area contributed by atoms with Gasteiger partial charge in [-0.1, -0.05) is 69.4 Å². The molecule has 0 saturated carbocycles. The highest BCUT2D eigenvalue weighted by molar-refractivity contribution is 8.33. The fourth-order valence-corrected chi connectivity index (χ4v) is 11.0. The summed E-state index contributed by atoms with van der Waals surface area (Å²) >= 11 is 12.9. The second-order valence-corrected chi connectivity index (χ2v) is 19.3. The van der Waals surface area contributed by atoms with Gasteiger partial charge < -0.3 is 18.9 Å². The Morgan fingerprint density at radius 3 is 2.14 bits per heavy atom. The van der Waals surface area contributed by atoms with Gasteiger partial charge in [-0.3, -0.25) is 0 Å². The number of carbonyl (C=O) groups excluding carboxylic acids is 2. The summed E-state index contributed by atoms with van der Waals surface area (Å²) in [5, 5.41) is 0.946. The maximum absolute atomic E-state index is 12.0. The van der Waals surface area contributed by atoms with E-state index in [0.717, 1.165) is 62.9 Å². The number of benzene rings is 2. The normalized spacial score (nSPS) is 13.1. The van der Waals surface area contributed by atoms with Crippen LogP contribution >= 0.6 is 47.0 Å². The molecule has 0 heterocycles. The van der Waals surface area contributed by atoms with Crippen LogP contribution < -0.4 is 9.47 Å². The number of rotatable bonds is 27. The summed E-state index contributed by atoms with van der Waals surface area (Å²) in [6, 6.07) is 16.1. The molecule has 0 saturated heterocycles. The van der Waals surface area contributed by atoms with Crippen molar-refractivity contribution in [2.24, 2.45) is 0 Å². The molecule has 0 amide bonds. The SMILES string of the molecule is C=CC(=O)OC(CCSCS(=S)CCC)COc1ccc(C(C)(C)c2cccc(OCC(CSCCSCCSC)OC(=O)C=C)c2)cc1. The summed E-state index contributed by atoms with van der Waals surface area (Å²) in [5.74, 6) is 7.47. The standard InChI is InChI=1S/C37H52O6S6/c1-7-23-49(44)28-48-18-17-33(42-35(38)8-2)25-40-31-15-13-29(14-16-31)37(4,5)30-11-10-12-32(24-30)41-26-34(43-36(39)9-3)27-47-22-21-46-20-19-45-6/h8-16,24,33-34H,2-3,7,17-23,25-28H2,1,4-6H3. The first-order valence-electron chi connectivity index (χ1n) is 16.3. The highest BCUT2D eigenvalue weighted by Crippen LogP contribution is 2.34. The Hall–Kier alpha value is -1.57. The minimum atomic E-state index is -0.449. The molecule has 0 aliphatic heterocycles. The quantitative estimate of drug-likeness (QED) is 0.0499. The smallest absolute Gasteiger partial charge is 0.330 e. The molecule has 0 aromatic heterocycles. The highest BCUT2D eigenvalue weighted by Gasteiger charge is 2.24. The van der Waals surface area contributed by atoms with E-state index in [1.165, 1.54) is 12.2 Å². The van der Waals surface area contributed by atoms with Gasteiger partial charge in [-0.25, -0.2) is 9.59 Å². The summed E-state index contributed by atoms with van der Waals surface area (Å²) < 4.78 is 23.4. The van der Waals surface area contributed by atoms with Crippen molar-refractivity contribution in [3.05, 3.63) is 85.0 Å². The van der Waals surface area contributed by atoms with Crippen LogP contribution in [0.5, 0.6) is 11.5 Å². The zero-order chi connectivity index (χ0) is 35.9. The van der Waals surface area contributed by atoms with E-state index in [1.807, 2.05) is 53.9 Å². The number of ether oxygens (including phenoxy) is 4. The van der Waals surface area contributed by atoms with Gasteiger partial charge in [0, 0.05) is 51.4 Å². The average Bonchev–Trinajstić information content (AvgIpc) is 3.10. The number of hydrogen-bond acceptors (Lipinski definition) is 11. The first-order chi connectivity index (χ1) is 23.6. The van der Waals surface area contributed by atoms with E-state index in [0.29, 0.717) is 17.9 Å². The molecule has 2 aromatic rings. The van der Waals surface area contributed by atoms with Crippen molar-refractivity contribution in [3.63, 3.8) is 0 Å². The molecule has 272 valence electrons. The minimum Gasteiger partial charge on any atom is -0.490 e. The molecule has 3 unspecified atom stereocenters. The second kappa shape index (κ2) is 25.4. The Labute approximate surface area is 318 Å². The van der Waals surface area contributed by atoms with E-state index < -0.39 is 11.9 Å². The van der Waals surface area contributed by atoms with Gasteiger partial charge in [0.05, 0.1) is 0 Å². The average molecular weight is 785 g/mol. The molecule has 2 rings (SSSR count). The van der Waals surface area contributed by atoms with Crippen molar-refractivity contribution < 1.29 is 28.5 Å². The molecule has 0 fully saturated rings. The molecule has 0 aliphatic carbocycles. The van der Waals surface area contributed by atoms with Crippen LogP contribution in [0, 0.1) is 0 Å². The lowest BCUT2D eigenvalue weighted by Gasteiger charge is -2.27. The number of hydrogen-bond donors (Lipinski definition) is 0. The molecular formula is C37H52O6S6. The highest BCUT2D eigenvalue weighted by atomic mass is 32.8. The van der Waals surface area contributed by atoms with Crippen LogP contribution in [0.3, 0.4) is 0 Å². The largest absolute Gasteiger partial charge is 0.490 e. The molecule has 6 nitrogen and oxygen atoms in total. The lowest BCUT2D eigenvalue weighted by molar-refractivity contribution is -0.145. The van der Waals surface area contributed by atoms with Gasteiger partial charge in [0.1, 0.15) is 36.9 Å². The Bertz CT molecular complexity index is 1300. The van der Waals surface area contributed by atoms with Crippen LogP contribution in [-0.2, 0) is 45.1 Å². The van der Waals surface area contributed by atoms with E-state index in [1.54, 1.807) is 23.5 Å². The van der Waals surface area contributed by atoms with Gasteiger partial charge in [0.25, 0.3) is 0 Å². The van der Waals surface area contributed by atoms with Crippen molar-refractivity contribution in [2.75, 3.05) is 64.8 Å². The first kappa shape index (κ1) is 43.6. The molecule has 0 N–H and O–H groups in total. The van der Waals surface area contributed by atoms with E-state index in [9.17, 15) is 9.59 Å². The van der Waals surface area contributed by atoms with Gasteiger partial charge in [-0.05, 0) is 66.0 Å². The molecular weight excluding hydrogens is 733 g/mol.